The van der Waals surface area contributed by atoms with Gasteiger partial charge >= 0.3 is 12.1 Å². The summed E-state index contributed by atoms with van der Waals surface area (Å²) in [6.45, 7) is 1.96. The van der Waals surface area contributed by atoms with Crippen LogP contribution in [-0.2, 0) is 9.53 Å². The third kappa shape index (κ3) is 3.56. The number of rotatable bonds is 5. The number of ether oxygens (including phenoxy) is 1. The van der Waals surface area contributed by atoms with Gasteiger partial charge < -0.3 is 14.8 Å². The van der Waals surface area contributed by atoms with Gasteiger partial charge in [0.25, 0.3) is 0 Å². The van der Waals surface area contributed by atoms with Crippen molar-refractivity contribution in [3.8, 4) is 0 Å². The molecule has 3 rings (SSSR count). The summed E-state index contributed by atoms with van der Waals surface area (Å²) in [5.74, 6) is -1.05. The van der Waals surface area contributed by atoms with Crippen LogP contribution in [0.1, 0.15) is 18.1 Å². The van der Waals surface area contributed by atoms with Crippen LogP contribution >= 0.6 is 0 Å². The molecule has 132 valence electrons. The molecule has 0 atom stereocenters. The number of hydrogen-bond acceptors (Lipinski definition) is 4. The monoisotopic (exact) mass is 351 g/mol. The lowest BCUT2D eigenvalue weighted by atomic mass is 10.0. The van der Waals surface area contributed by atoms with Crippen molar-refractivity contribution in [2.75, 3.05) is 11.9 Å². The Balaban J connectivity index is 2.10. The fourth-order valence-corrected chi connectivity index (χ4v) is 2.62. The van der Waals surface area contributed by atoms with Gasteiger partial charge in [0.1, 0.15) is 5.65 Å². The number of aromatic amines is 1. The third-order valence-electron chi connectivity index (χ3n) is 3.73. The zero-order chi connectivity index (χ0) is 18.5. The molecule has 0 aliphatic heterocycles. The molecule has 0 fully saturated rings. The molecule has 26 heavy (non-hydrogen) atoms. The van der Waals surface area contributed by atoms with Crippen LogP contribution in [0.3, 0.4) is 0 Å². The smallest absolute Gasteiger partial charge is 0.411 e. The first-order chi connectivity index (χ1) is 12.6. The number of nitrogens with zero attached hydrogens (tertiary/aromatic N) is 1. The predicted octanol–water partition coefficient (Wildman–Crippen LogP) is 3.76. The SMILES string of the molecule is CCOC(=O)Nc1ccnc2[nH]cc(/C=C(/C(=O)O)c3ccccc3)c12. The number of carbonyl (C=O) groups is 2. The Morgan fingerprint density at radius 1 is 1.27 bits per heavy atom. The summed E-state index contributed by atoms with van der Waals surface area (Å²) in [5.41, 5.74) is 2.33. The molecule has 2 heterocycles. The van der Waals surface area contributed by atoms with Gasteiger partial charge in [-0.1, -0.05) is 30.3 Å². The Morgan fingerprint density at radius 2 is 2.04 bits per heavy atom. The van der Waals surface area contributed by atoms with E-state index in [2.05, 4.69) is 15.3 Å². The van der Waals surface area contributed by atoms with Gasteiger partial charge in [-0.15, -0.1) is 0 Å². The van der Waals surface area contributed by atoms with Gasteiger partial charge in [0.2, 0.25) is 0 Å². The van der Waals surface area contributed by atoms with Gasteiger partial charge in [-0.25, -0.2) is 14.6 Å². The maximum atomic E-state index is 11.8. The van der Waals surface area contributed by atoms with E-state index in [4.69, 9.17) is 4.74 Å². The average Bonchev–Trinajstić information content (AvgIpc) is 3.04. The second-order valence-electron chi connectivity index (χ2n) is 5.40. The van der Waals surface area contributed by atoms with Crippen LogP contribution in [0.15, 0.2) is 48.8 Å². The van der Waals surface area contributed by atoms with Crippen LogP contribution in [0.25, 0.3) is 22.7 Å². The number of benzene rings is 1. The number of nitrogens with one attached hydrogen (secondary N) is 2. The number of amides is 1. The number of aromatic nitrogens is 2. The lowest BCUT2D eigenvalue weighted by Gasteiger charge is -2.07. The summed E-state index contributed by atoms with van der Waals surface area (Å²) in [6.07, 6.45) is 4.16. The minimum Gasteiger partial charge on any atom is -0.478 e. The highest BCUT2D eigenvalue weighted by molar-refractivity contribution is 6.22. The molecule has 2 aromatic heterocycles. The van der Waals surface area contributed by atoms with E-state index < -0.39 is 12.1 Å². The quantitative estimate of drug-likeness (QED) is 0.607. The first-order valence-electron chi connectivity index (χ1n) is 8.00. The van der Waals surface area contributed by atoms with E-state index in [9.17, 15) is 14.7 Å². The molecule has 1 amide bonds. The van der Waals surface area contributed by atoms with E-state index in [1.807, 2.05) is 6.07 Å². The number of carboxylic acids is 1. The van der Waals surface area contributed by atoms with Crippen molar-refractivity contribution in [3.05, 3.63) is 59.9 Å². The molecule has 0 saturated heterocycles. The molecule has 3 N–H and O–H groups in total. The Labute approximate surface area is 149 Å². The van der Waals surface area contributed by atoms with Crippen LogP contribution in [0.4, 0.5) is 10.5 Å². The lowest BCUT2D eigenvalue weighted by molar-refractivity contribution is -0.130. The molecule has 0 bridgehead atoms. The minimum absolute atomic E-state index is 0.137. The molecule has 0 saturated carbocycles. The first kappa shape index (κ1) is 17.2. The summed E-state index contributed by atoms with van der Waals surface area (Å²) in [5, 5.41) is 12.9. The highest BCUT2D eigenvalue weighted by Gasteiger charge is 2.15. The molecular formula is C19H17N3O4. The van der Waals surface area contributed by atoms with Crippen LogP contribution in [0.5, 0.6) is 0 Å². The minimum atomic E-state index is -1.05. The molecule has 3 aromatic rings. The molecule has 0 spiro atoms. The fourth-order valence-electron chi connectivity index (χ4n) is 2.62. The standard InChI is InChI=1S/C19H17N3O4/c1-2-26-19(25)22-15-8-9-20-17-16(15)13(11-21-17)10-14(18(23)24)12-6-4-3-5-7-12/h3-11H,2H2,1H3,(H,23,24)(H2,20,21,22,25)/b14-10+. The number of hydrogen-bond donors (Lipinski definition) is 3. The second-order valence-corrected chi connectivity index (χ2v) is 5.40. The lowest BCUT2D eigenvalue weighted by Crippen LogP contribution is -2.13. The fraction of sp³-hybridized carbons (Fsp3) is 0.105. The topological polar surface area (TPSA) is 104 Å². The van der Waals surface area contributed by atoms with Crippen molar-refractivity contribution in [3.63, 3.8) is 0 Å². The molecule has 0 aliphatic carbocycles. The van der Waals surface area contributed by atoms with Crippen LogP contribution in [-0.4, -0.2) is 33.7 Å². The number of fused-ring (bicyclic) bond motifs is 1. The first-order valence-corrected chi connectivity index (χ1v) is 8.00. The van der Waals surface area contributed by atoms with Crippen LogP contribution < -0.4 is 5.32 Å². The number of anilines is 1. The highest BCUT2D eigenvalue weighted by Crippen LogP contribution is 2.29. The Bertz CT molecular complexity index is 977. The molecule has 0 radical (unpaired) electrons. The number of carbonyl (C=O) groups excluding carboxylic acids is 1. The molecule has 7 heteroatoms. The van der Waals surface area contributed by atoms with E-state index in [-0.39, 0.29) is 12.2 Å². The Kier molecular flexibility index (Phi) is 4.98. The summed E-state index contributed by atoms with van der Waals surface area (Å²) >= 11 is 0. The maximum absolute atomic E-state index is 11.8. The van der Waals surface area contributed by atoms with Crippen LogP contribution in [0.2, 0.25) is 0 Å². The van der Waals surface area contributed by atoms with Crippen molar-refractivity contribution in [1.29, 1.82) is 0 Å². The third-order valence-corrected chi connectivity index (χ3v) is 3.73. The molecule has 7 nitrogen and oxygen atoms in total. The van der Waals surface area contributed by atoms with Crippen molar-refractivity contribution < 1.29 is 19.4 Å². The van der Waals surface area contributed by atoms with E-state index in [1.165, 1.54) is 0 Å². The van der Waals surface area contributed by atoms with Gasteiger partial charge in [0.15, 0.2) is 0 Å². The zero-order valence-corrected chi connectivity index (χ0v) is 14.0. The van der Waals surface area contributed by atoms with E-state index in [0.29, 0.717) is 27.8 Å². The number of aliphatic carboxylic acids is 1. The molecular weight excluding hydrogens is 334 g/mol. The highest BCUT2D eigenvalue weighted by atomic mass is 16.5. The number of carboxylic acid groups (broad SMARTS) is 1. The number of H-pyrrole nitrogens is 1. The number of pyridine rings is 1. The van der Waals surface area contributed by atoms with Crippen molar-refractivity contribution in [1.82, 2.24) is 9.97 Å². The predicted molar refractivity (Wildman–Crippen MR) is 98.7 cm³/mol. The molecule has 0 aliphatic rings. The largest absolute Gasteiger partial charge is 0.478 e. The van der Waals surface area contributed by atoms with Gasteiger partial charge in [-0.3, -0.25) is 5.32 Å². The molecule has 1 aromatic carbocycles. The maximum Gasteiger partial charge on any atom is 0.411 e. The summed E-state index contributed by atoms with van der Waals surface area (Å²) < 4.78 is 4.91. The summed E-state index contributed by atoms with van der Waals surface area (Å²) in [4.78, 5) is 30.7. The average molecular weight is 351 g/mol. The van der Waals surface area contributed by atoms with Crippen molar-refractivity contribution >= 4 is 40.4 Å². The van der Waals surface area contributed by atoms with Crippen molar-refractivity contribution in [2.24, 2.45) is 0 Å². The Hall–Kier alpha value is -3.61. The van der Waals surface area contributed by atoms with Gasteiger partial charge in [0.05, 0.1) is 17.9 Å². The van der Waals surface area contributed by atoms with Crippen LogP contribution in [0, 0.1) is 0 Å². The van der Waals surface area contributed by atoms with Gasteiger partial charge in [0, 0.05) is 23.3 Å². The van der Waals surface area contributed by atoms with Crippen molar-refractivity contribution in [2.45, 2.75) is 6.92 Å². The van der Waals surface area contributed by atoms with Gasteiger partial charge in [-0.2, -0.15) is 0 Å². The Morgan fingerprint density at radius 3 is 2.73 bits per heavy atom. The molecule has 0 unspecified atom stereocenters. The van der Waals surface area contributed by atoms with E-state index in [1.54, 1.807) is 55.7 Å². The second kappa shape index (κ2) is 7.52. The summed E-state index contributed by atoms with van der Waals surface area (Å²) in [7, 11) is 0. The van der Waals surface area contributed by atoms with E-state index >= 15 is 0 Å². The van der Waals surface area contributed by atoms with Gasteiger partial charge in [-0.05, 0) is 24.6 Å². The van der Waals surface area contributed by atoms with E-state index in [0.717, 1.165) is 0 Å². The zero-order valence-electron chi connectivity index (χ0n) is 14.0. The summed E-state index contributed by atoms with van der Waals surface area (Å²) in [6, 6.07) is 10.5. The normalized spacial score (nSPS) is 11.3.